The predicted molar refractivity (Wildman–Crippen MR) is 73.4 cm³/mol. The number of phenolic OH excluding ortho intramolecular Hbond substituents is 2. The lowest BCUT2D eigenvalue weighted by atomic mass is 9.85. The summed E-state index contributed by atoms with van der Waals surface area (Å²) in [7, 11) is 0. The van der Waals surface area contributed by atoms with Gasteiger partial charge in [-0.1, -0.05) is 38.2 Å². The molecule has 0 amide bonds. The van der Waals surface area contributed by atoms with Gasteiger partial charge in [0.25, 0.3) is 5.97 Å². The Balaban J connectivity index is 0.000000399. The molecule has 0 saturated heterocycles. The standard InChI is InChI=1S/C13H18O2.C2H4O2/c14-12-7-6-11(13(15)9-12)8-10-4-2-1-3-5-10;1-2(3)4/h6-7,9-10,14-15H,1-5,8H2;1H3,(H,3,4). The van der Waals surface area contributed by atoms with E-state index in [0.717, 1.165) is 18.9 Å². The quantitative estimate of drug-likeness (QED) is 0.767. The number of phenols is 2. The van der Waals surface area contributed by atoms with Gasteiger partial charge in [-0.2, -0.15) is 0 Å². The number of aromatic hydroxyl groups is 2. The lowest BCUT2D eigenvalue weighted by Crippen LogP contribution is -2.09. The second-order valence-electron chi connectivity index (χ2n) is 5.04. The first-order valence-electron chi connectivity index (χ1n) is 6.69. The van der Waals surface area contributed by atoms with Crippen molar-refractivity contribution in [2.45, 2.75) is 45.4 Å². The van der Waals surface area contributed by atoms with Crippen LogP contribution in [0.4, 0.5) is 0 Å². The summed E-state index contributed by atoms with van der Waals surface area (Å²) in [5.74, 6) is 0.259. The predicted octanol–water partition coefficient (Wildman–Crippen LogP) is 3.31. The van der Waals surface area contributed by atoms with E-state index in [1.54, 1.807) is 6.07 Å². The van der Waals surface area contributed by atoms with Gasteiger partial charge in [-0.15, -0.1) is 0 Å². The summed E-state index contributed by atoms with van der Waals surface area (Å²) in [6, 6.07) is 4.91. The van der Waals surface area contributed by atoms with Crippen LogP contribution in [0.3, 0.4) is 0 Å². The van der Waals surface area contributed by atoms with Gasteiger partial charge in [0, 0.05) is 13.0 Å². The third-order valence-electron chi connectivity index (χ3n) is 3.30. The first-order valence-corrected chi connectivity index (χ1v) is 6.69. The van der Waals surface area contributed by atoms with E-state index in [9.17, 15) is 10.2 Å². The highest BCUT2D eigenvalue weighted by molar-refractivity contribution is 5.62. The number of carboxylic acid groups (broad SMARTS) is 1. The maximum atomic E-state index is 9.66. The molecule has 0 heterocycles. The van der Waals surface area contributed by atoms with Crippen LogP contribution in [0.2, 0.25) is 0 Å². The Morgan fingerprint density at radius 2 is 1.79 bits per heavy atom. The number of rotatable bonds is 2. The molecule has 0 unspecified atom stereocenters. The summed E-state index contributed by atoms with van der Waals surface area (Å²) < 4.78 is 0. The Morgan fingerprint density at radius 3 is 2.32 bits per heavy atom. The van der Waals surface area contributed by atoms with Crippen molar-refractivity contribution < 1.29 is 20.1 Å². The van der Waals surface area contributed by atoms with Crippen LogP contribution < -0.4 is 0 Å². The molecule has 1 aliphatic rings. The van der Waals surface area contributed by atoms with E-state index in [4.69, 9.17) is 9.90 Å². The summed E-state index contributed by atoms with van der Waals surface area (Å²) in [6.45, 7) is 1.08. The number of aliphatic carboxylic acids is 1. The van der Waals surface area contributed by atoms with E-state index in [2.05, 4.69) is 0 Å². The Hall–Kier alpha value is -1.71. The third-order valence-corrected chi connectivity index (χ3v) is 3.30. The van der Waals surface area contributed by atoms with Gasteiger partial charge in [-0.05, 0) is 24.0 Å². The Labute approximate surface area is 113 Å². The van der Waals surface area contributed by atoms with Gasteiger partial charge >= 0.3 is 0 Å². The monoisotopic (exact) mass is 266 g/mol. The molecule has 1 saturated carbocycles. The van der Waals surface area contributed by atoms with Crippen molar-refractivity contribution in [1.29, 1.82) is 0 Å². The second-order valence-corrected chi connectivity index (χ2v) is 5.04. The first-order chi connectivity index (χ1) is 8.99. The van der Waals surface area contributed by atoms with Gasteiger partial charge in [0.15, 0.2) is 0 Å². The van der Waals surface area contributed by atoms with Crippen molar-refractivity contribution in [3.63, 3.8) is 0 Å². The summed E-state index contributed by atoms with van der Waals surface area (Å²) in [5.41, 5.74) is 0.972. The molecule has 0 aromatic heterocycles. The van der Waals surface area contributed by atoms with Crippen molar-refractivity contribution in [3.05, 3.63) is 23.8 Å². The minimum absolute atomic E-state index is 0.139. The summed E-state index contributed by atoms with van der Waals surface area (Å²) in [6.07, 6.45) is 7.51. The summed E-state index contributed by atoms with van der Waals surface area (Å²) in [4.78, 5) is 9.00. The fourth-order valence-corrected chi connectivity index (χ4v) is 2.43. The molecular formula is C15H22O4. The van der Waals surface area contributed by atoms with E-state index < -0.39 is 5.97 Å². The Morgan fingerprint density at radius 1 is 1.21 bits per heavy atom. The van der Waals surface area contributed by atoms with Gasteiger partial charge in [-0.25, -0.2) is 0 Å². The average Bonchev–Trinajstić information content (AvgIpc) is 2.33. The molecular weight excluding hydrogens is 244 g/mol. The van der Waals surface area contributed by atoms with E-state index in [1.807, 2.05) is 6.07 Å². The lowest BCUT2D eigenvalue weighted by molar-refractivity contribution is -0.134. The van der Waals surface area contributed by atoms with Crippen LogP contribution in [-0.4, -0.2) is 21.3 Å². The molecule has 106 valence electrons. The third kappa shape index (κ3) is 6.13. The van der Waals surface area contributed by atoms with Crippen LogP contribution >= 0.6 is 0 Å². The molecule has 2 rings (SSSR count). The number of hydrogen-bond donors (Lipinski definition) is 3. The number of benzene rings is 1. The van der Waals surface area contributed by atoms with E-state index in [-0.39, 0.29) is 11.5 Å². The molecule has 0 bridgehead atoms. The van der Waals surface area contributed by atoms with Crippen molar-refractivity contribution in [2.75, 3.05) is 0 Å². The zero-order valence-corrected chi connectivity index (χ0v) is 11.3. The molecule has 4 nitrogen and oxygen atoms in total. The van der Waals surface area contributed by atoms with Crippen LogP contribution in [0.25, 0.3) is 0 Å². The highest BCUT2D eigenvalue weighted by Gasteiger charge is 2.15. The summed E-state index contributed by atoms with van der Waals surface area (Å²) >= 11 is 0. The molecule has 1 aliphatic carbocycles. The number of carbonyl (C=O) groups is 1. The van der Waals surface area contributed by atoms with Crippen LogP contribution in [0.1, 0.15) is 44.6 Å². The summed E-state index contributed by atoms with van der Waals surface area (Å²) in [5, 5.41) is 26.3. The number of hydrogen-bond acceptors (Lipinski definition) is 3. The van der Waals surface area contributed by atoms with Gasteiger partial charge < -0.3 is 15.3 Å². The maximum absolute atomic E-state index is 9.66. The smallest absolute Gasteiger partial charge is 0.300 e. The first kappa shape index (κ1) is 15.3. The second kappa shape index (κ2) is 7.67. The van der Waals surface area contributed by atoms with Gasteiger partial charge in [0.1, 0.15) is 11.5 Å². The van der Waals surface area contributed by atoms with Crippen LogP contribution in [0, 0.1) is 5.92 Å². The van der Waals surface area contributed by atoms with Gasteiger partial charge in [-0.3, -0.25) is 4.79 Å². The molecule has 4 heteroatoms. The molecule has 19 heavy (non-hydrogen) atoms. The van der Waals surface area contributed by atoms with Crippen molar-refractivity contribution >= 4 is 5.97 Å². The van der Waals surface area contributed by atoms with E-state index >= 15 is 0 Å². The zero-order valence-electron chi connectivity index (χ0n) is 11.3. The van der Waals surface area contributed by atoms with Crippen molar-refractivity contribution in [1.82, 2.24) is 0 Å². The van der Waals surface area contributed by atoms with Crippen LogP contribution in [0.15, 0.2) is 18.2 Å². The fraction of sp³-hybridized carbons (Fsp3) is 0.533. The van der Waals surface area contributed by atoms with E-state index in [0.29, 0.717) is 5.92 Å². The normalized spacial score (nSPS) is 15.4. The van der Waals surface area contributed by atoms with Crippen molar-refractivity contribution in [3.8, 4) is 11.5 Å². The topological polar surface area (TPSA) is 77.8 Å². The lowest BCUT2D eigenvalue weighted by Gasteiger charge is -2.21. The van der Waals surface area contributed by atoms with Crippen molar-refractivity contribution in [2.24, 2.45) is 5.92 Å². The molecule has 0 radical (unpaired) electrons. The molecule has 0 aliphatic heterocycles. The van der Waals surface area contributed by atoms with Crippen LogP contribution in [-0.2, 0) is 11.2 Å². The SMILES string of the molecule is CC(=O)O.Oc1ccc(CC2CCCCC2)c(O)c1. The minimum Gasteiger partial charge on any atom is -0.508 e. The minimum atomic E-state index is -0.833. The average molecular weight is 266 g/mol. The van der Waals surface area contributed by atoms with E-state index in [1.165, 1.54) is 38.2 Å². The van der Waals surface area contributed by atoms with Gasteiger partial charge in [0.05, 0.1) is 0 Å². The number of carboxylic acids is 1. The molecule has 1 aromatic rings. The molecule has 0 atom stereocenters. The molecule has 0 spiro atoms. The molecule has 3 N–H and O–H groups in total. The Bertz CT molecular complexity index is 405. The molecule has 1 fully saturated rings. The maximum Gasteiger partial charge on any atom is 0.300 e. The van der Waals surface area contributed by atoms with Crippen LogP contribution in [0.5, 0.6) is 11.5 Å². The van der Waals surface area contributed by atoms with Gasteiger partial charge in [0.2, 0.25) is 0 Å². The highest BCUT2D eigenvalue weighted by atomic mass is 16.4. The molecule has 1 aromatic carbocycles. The fourth-order valence-electron chi connectivity index (χ4n) is 2.43. The Kier molecular flexibility index (Phi) is 6.19. The largest absolute Gasteiger partial charge is 0.508 e. The zero-order chi connectivity index (χ0) is 14.3. The highest BCUT2D eigenvalue weighted by Crippen LogP contribution is 2.31.